The largest absolute Gasteiger partial charge is 0.466 e. The zero-order valence-electron chi connectivity index (χ0n) is 8.92. The molecular formula is C7H14N4O4S. The zero-order valence-corrected chi connectivity index (χ0v) is 9.73. The number of sulfonamides is 1. The molecular weight excluding hydrogens is 236 g/mol. The van der Waals surface area contributed by atoms with Gasteiger partial charge in [-0.2, -0.15) is 0 Å². The maximum atomic E-state index is 11.2. The van der Waals surface area contributed by atoms with Gasteiger partial charge in [0.2, 0.25) is 10.0 Å². The number of ether oxygens (including phenoxy) is 1. The highest BCUT2D eigenvalue weighted by atomic mass is 32.2. The Labute approximate surface area is 93.6 Å². The van der Waals surface area contributed by atoms with Crippen LogP contribution in [0.15, 0.2) is 5.11 Å². The van der Waals surface area contributed by atoms with Crippen LogP contribution in [0.5, 0.6) is 0 Å². The van der Waals surface area contributed by atoms with Crippen molar-refractivity contribution in [2.24, 2.45) is 5.11 Å². The number of esters is 1. The number of rotatable bonds is 8. The Kier molecular flexibility index (Phi) is 7.27. The van der Waals surface area contributed by atoms with Crippen molar-refractivity contribution >= 4 is 16.0 Å². The Morgan fingerprint density at radius 2 is 2.25 bits per heavy atom. The summed E-state index contributed by atoms with van der Waals surface area (Å²) >= 11 is 0. The molecule has 0 aliphatic heterocycles. The summed E-state index contributed by atoms with van der Waals surface area (Å²) in [6.45, 7) is 1.93. The highest BCUT2D eigenvalue weighted by molar-refractivity contribution is 7.89. The van der Waals surface area contributed by atoms with Gasteiger partial charge >= 0.3 is 5.97 Å². The molecule has 9 heteroatoms. The van der Waals surface area contributed by atoms with Gasteiger partial charge in [-0.3, -0.25) is 4.79 Å². The number of carbonyl (C=O) groups excluding carboxylic acids is 1. The maximum absolute atomic E-state index is 11.2. The first kappa shape index (κ1) is 14.7. The van der Waals surface area contributed by atoms with Crippen molar-refractivity contribution in [3.8, 4) is 0 Å². The predicted molar refractivity (Wildman–Crippen MR) is 57.1 cm³/mol. The Bertz CT molecular complexity index is 361. The second-order valence-corrected chi connectivity index (χ2v) is 4.65. The average Bonchev–Trinajstić information content (AvgIpc) is 2.22. The SMILES string of the molecule is CCOC(=O)CCS(=O)(=O)NCCN=[N+]=[N-]. The first-order valence-electron chi connectivity index (χ1n) is 4.65. The average molecular weight is 250 g/mol. The van der Waals surface area contributed by atoms with Crippen molar-refractivity contribution in [3.63, 3.8) is 0 Å². The van der Waals surface area contributed by atoms with Gasteiger partial charge in [0.15, 0.2) is 0 Å². The second-order valence-electron chi connectivity index (χ2n) is 2.72. The molecule has 0 aromatic carbocycles. The van der Waals surface area contributed by atoms with E-state index in [9.17, 15) is 13.2 Å². The summed E-state index contributed by atoms with van der Waals surface area (Å²) < 4.78 is 29.3. The maximum Gasteiger partial charge on any atom is 0.306 e. The summed E-state index contributed by atoms with van der Waals surface area (Å²) in [7, 11) is -3.51. The highest BCUT2D eigenvalue weighted by Gasteiger charge is 2.12. The Balaban J connectivity index is 3.87. The van der Waals surface area contributed by atoms with E-state index in [1.54, 1.807) is 6.92 Å². The first-order chi connectivity index (χ1) is 7.52. The minimum absolute atomic E-state index is 0.0230. The molecule has 0 spiro atoms. The molecule has 8 nitrogen and oxygen atoms in total. The number of hydrogen-bond donors (Lipinski definition) is 1. The van der Waals surface area contributed by atoms with Crippen LogP contribution in [0.3, 0.4) is 0 Å². The fourth-order valence-corrected chi connectivity index (χ4v) is 1.80. The van der Waals surface area contributed by atoms with Gasteiger partial charge in [0.1, 0.15) is 0 Å². The van der Waals surface area contributed by atoms with Crippen LogP contribution in [0.2, 0.25) is 0 Å². The molecule has 0 atom stereocenters. The van der Waals surface area contributed by atoms with E-state index in [0.717, 1.165) is 0 Å². The van der Waals surface area contributed by atoms with E-state index in [0.29, 0.717) is 0 Å². The standard InChI is InChI=1S/C7H14N4O4S/c1-2-15-7(12)3-6-16(13,14)10-5-4-9-11-8/h10H,2-6H2,1H3. The molecule has 16 heavy (non-hydrogen) atoms. The van der Waals surface area contributed by atoms with Crippen LogP contribution in [0.4, 0.5) is 0 Å². The van der Waals surface area contributed by atoms with E-state index in [4.69, 9.17) is 5.53 Å². The number of hydrogen-bond acceptors (Lipinski definition) is 5. The van der Waals surface area contributed by atoms with Crippen molar-refractivity contribution in [2.75, 3.05) is 25.4 Å². The van der Waals surface area contributed by atoms with Gasteiger partial charge in [-0.15, -0.1) is 0 Å². The molecule has 0 heterocycles. The van der Waals surface area contributed by atoms with E-state index < -0.39 is 16.0 Å². The van der Waals surface area contributed by atoms with Gasteiger partial charge in [-0.05, 0) is 12.5 Å². The molecule has 0 bridgehead atoms. The van der Waals surface area contributed by atoms with Gasteiger partial charge in [0, 0.05) is 18.0 Å². The molecule has 0 saturated carbocycles. The van der Waals surface area contributed by atoms with E-state index in [2.05, 4.69) is 19.5 Å². The van der Waals surface area contributed by atoms with E-state index in [-0.39, 0.29) is 31.9 Å². The molecule has 0 aliphatic rings. The van der Waals surface area contributed by atoms with Gasteiger partial charge < -0.3 is 4.74 Å². The van der Waals surface area contributed by atoms with Crippen molar-refractivity contribution in [1.29, 1.82) is 0 Å². The van der Waals surface area contributed by atoms with E-state index in [1.807, 2.05) is 0 Å². The van der Waals surface area contributed by atoms with Crippen molar-refractivity contribution in [1.82, 2.24) is 4.72 Å². The third-order valence-electron chi connectivity index (χ3n) is 1.48. The number of azide groups is 1. The van der Waals surface area contributed by atoms with Crippen LogP contribution < -0.4 is 4.72 Å². The van der Waals surface area contributed by atoms with Crippen molar-refractivity contribution in [2.45, 2.75) is 13.3 Å². The lowest BCUT2D eigenvalue weighted by atomic mass is 10.5. The Morgan fingerprint density at radius 1 is 1.56 bits per heavy atom. The van der Waals surface area contributed by atoms with Crippen LogP contribution in [0.25, 0.3) is 10.4 Å². The highest BCUT2D eigenvalue weighted by Crippen LogP contribution is 1.92. The molecule has 1 N–H and O–H groups in total. The summed E-state index contributed by atoms with van der Waals surface area (Å²) in [6, 6.07) is 0. The fraction of sp³-hybridized carbons (Fsp3) is 0.857. The molecule has 0 saturated heterocycles. The monoisotopic (exact) mass is 250 g/mol. The predicted octanol–water partition coefficient (Wildman–Crippen LogP) is 0.169. The summed E-state index contributed by atoms with van der Waals surface area (Å²) in [6.07, 6.45) is -0.190. The first-order valence-corrected chi connectivity index (χ1v) is 6.31. The minimum Gasteiger partial charge on any atom is -0.466 e. The van der Waals surface area contributed by atoms with Gasteiger partial charge in [-0.1, -0.05) is 5.11 Å². The number of carbonyl (C=O) groups is 1. The Hall–Kier alpha value is -1.31. The lowest BCUT2D eigenvalue weighted by Gasteiger charge is -2.04. The molecule has 0 rings (SSSR count). The van der Waals surface area contributed by atoms with Crippen LogP contribution in [0.1, 0.15) is 13.3 Å². The van der Waals surface area contributed by atoms with Gasteiger partial charge in [-0.25, -0.2) is 13.1 Å². The number of nitrogens with one attached hydrogen (secondary N) is 1. The Morgan fingerprint density at radius 3 is 2.81 bits per heavy atom. The van der Waals surface area contributed by atoms with Gasteiger partial charge in [0.25, 0.3) is 0 Å². The van der Waals surface area contributed by atoms with Crippen molar-refractivity contribution in [3.05, 3.63) is 10.4 Å². The molecule has 0 amide bonds. The molecule has 0 radical (unpaired) electrons. The topological polar surface area (TPSA) is 121 Å². The van der Waals surface area contributed by atoms with Crippen LogP contribution in [-0.4, -0.2) is 39.8 Å². The number of nitrogens with zero attached hydrogens (tertiary/aromatic N) is 3. The smallest absolute Gasteiger partial charge is 0.306 e. The second kappa shape index (κ2) is 7.91. The van der Waals surface area contributed by atoms with E-state index >= 15 is 0 Å². The lowest BCUT2D eigenvalue weighted by Crippen LogP contribution is -2.29. The summed E-state index contributed by atoms with van der Waals surface area (Å²) in [4.78, 5) is 13.4. The minimum atomic E-state index is -3.51. The van der Waals surface area contributed by atoms with Crippen molar-refractivity contribution < 1.29 is 17.9 Å². The normalized spacial score (nSPS) is 10.6. The fourth-order valence-electron chi connectivity index (χ4n) is 0.819. The summed E-state index contributed by atoms with van der Waals surface area (Å²) in [5.41, 5.74) is 7.95. The van der Waals surface area contributed by atoms with E-state index in [1.165, 1.54) is 0 Å². The van der Waals surface area contributed by atoms with Crippen LogP contribution in [-0.2, 0) is 19.6 Å². The van der Waals surface area contributed by atoms with Crippen LogP contribution in [0, 0.1) is 0 Å². The molecule has 0 aromatic heterocycles. The molecule has 0 fully saturated rings. The molecule has 0 aromatic rings. The third kappa shape index (κ3) is 8.04. The van der Waals surface area contributed by atoms with Gasteiger partial charge in [0.05, 0.1) is 18.8 Å². The van der Waals surface area contributed by atoms with Crippen LogP contribution >= 0.6 is 0 Å². The summed E-state index contributed by atoms with van der Waals surface area (Å²) in [5, 5.41) is 3.16. The third-order valence-corrected chi connectivity index (χ3v) is 2.86. The summed E-state index contributed by atoms with van der Waals surface area (Å²) in [5.74, 6) is -0.884. The molecule has 92 valence electrons. The molecule has 0 aliphatic carbocycles. The lowest BCUT2D eigenvalue weighted by molar-refractivity contribution is -0.142. The zero-order chi connectivity index (χ0) is 12.4. The molecule has 0 unspecified atom stereocenters. The quantitative estimate of drug-likeness (QED) is 0.217.